The van der Waals surface area contributed by atoms with Gasteiger partial charge in [-0.3, -0.25) is 19.7 Å². The molecule has 3 rings (SSSR count). The molecule has 2 aromatic rings. The molecule has 1 aliphatic heterocycles. The van der Waals surface area contributed by atoms with Crippen molar-refractivity contribution in [3.63, 3.8) is 0 Å². The van der Waals surface area contributed by atoms with Crippen LogP contribution in [0.15, 0.2) is 30.3 Å². The molecule has 6 heteroatoms. The molecule has 0 spiro atoms. The molecule has 1 aliphatic rings. The highest BCUT2D eigenvalue weighted by Crippen LogP contribution is 2.31. The average Bonchev–Trinajstić information content (AvgIpc) is 2.51. The summed E-state index contributed by atoms with van der Waals surface area (Å²) < 4.78 is 0. The molecule has 3 amide bonds. The zero-order chi connectivity index (χ0) is 17.4. The van der Waals surface area contributed by atoms with E-state index in [1.807, 2.05) is 31.1 Å². The number of carbonyl (C=O) groups excluding carboxylic acids is 3. The summed E-state index contributed by atoms with van der Waals surface area (Å²) >= 11 is 0. The summed E-state index contributed by atoms with van der Waals surface area (Å²) in [6, 6.07) is 8.86. The second-order valence-corrected chi connectivity index (χ2v) is 6.15. The van der Waals surface area contributed by atoms with Gasteiger partial charge in [-0.25, -0.2) is 0 Å². The zero-order valence-corrected chi connectivity index (χ0v) is 13.9. The van der Waals surface area contributed by atoms with Crippen LogP contribution in [0.5, 0.6) is 0 Å². The molecule has 0 atom stereocenters. The van der Waals surface area contributed by atoms with Crippen molar-refractivity contribution in [2.75, 3.05) is 32.1 Å². The van der Waals surface area contributed by atoms with Crippen LogP contribution in [-0.4, -0.2) is 49.8 Å². The number of hydrogen-bond acceptors (Lipinski definition) is 4. The van der Waals surface area contributed by atoms with Gasteiger partial charge < -0.3 is 9.80 Å². The summed E-state index contributed by atoms with van der Waals surface area (Å²) in [7, 11) is 3.88. The van der Waals surface area contributed by atoms with Gasteiger partial charge in [0.25, 0.3) is 11.8 Å². The second-order valence-electron chi connectivity index (χ2n) is 6.15. The Hall–Kier alpha value is -2.73. The number of nitrogens with zero attached hydrogens (tertiary/aromatic N) is 2. The normalized spacial score (nSPS) is 13.3. The third kappa shape index (κ3) is 2.76. The minimum absolute atomic E-state index is 0.0909. The van der Waals surface area contributed by atoms with Gasteiger partial charge in [0.05, 0.1) is 5.56 Å². The van der Waals surface area contributed by atoms with Crippen LogP contribution in [0.4, 0.5) is 5.69 Å². The predicted molar refractivity (Wildman–Crippen MR) is 92.3 cm³/mol. The Morgan fingerprint density at radius 2 is 1.75 bits per heavy atom. The fourth-order valence-corrected chi connectivity index (χ4v) is 2.94. The van der Waals surface area contributed by atoms with Crippen LogP contribution in [0, 0.1) is 0 Å². The number of rotatable bonds is 4. The van der Waals surface area contributed by atoms with Crippen molar-refractivity contribution < 1.29 is 14.4 Å². The summed E-state index contributed by atoms with van der Waals surface area (Å²) in [5, 5.41) is 3.77. The van der Waals surface area contributed by atoms with E-state index in [9.17, 15) is 14.4 Å². The molecule has 0 bridgehead atoms. The first kappa shape index (κ1) is 16.1. The Kier molecular flexibility index (Phi) is 4.07. The van der Waals surface area contributed by atoms with Gasteiger partial charge in [-0.1, -0.05) is 12.1 Å². The van der Waals surface area contributed by atoms with Crippen molar-refractivity contribution in [2.45, 2.75) is 6.92 Å². The monoisotopic (exact) mass is 325 g/mol. The van der Waals surface area contributed by atoms with Crippen LogP contribution in [0.3, 0.4) is 0 Å². The van der Waals surface area contributed by atoms with Crippen LogP contribution < -0.4 is 10.2 Å². The Balaban J connectivity index is 2.15. The molecule has 0 radical (unpaired) electrons. The lowest BCUT2D eigenvalue weighted by atomic mass is 9.94. The highest BCUT2D eigenvalue weighted by atomic mass is 16.2. The number of imide groups is 1. The predicted octanol–water partition coefficient (Wildman–Crippen LogP) is 1.64. The lowest BCUT2D eigenvalue weighted by Gasteiger charge is -2.25. The summed E-state index contributed by atoms with van der Waals surface area (Å²) in [5.74, 6) is -0.907. The van der Waals surface area contributed by atoms with E-state index in [0.29, 0.717) is 35.3 Å². The summed E-state index contributed by atoms with van der Waals surface area (Å²) in [5.41, 5.74) is 1.57. The maximum atomic E-state index is 12.2. The lowest BCUT2D eigenvalue weighted by molar-refractivity contribution is -0.116. The van der Waals surface area contributed by atoms with Crippen LogP contribution in [0.2, 0.25) is 0 Å². The topological polar surface area (TPSA) is 69.7 Å². The lowest BCUT2D eigenvalue weighted by Crippen LogP contribution is -2.37. The molecular formula is C18H19N3O3. The molecule has 124 valence electrons. The molecule has 0 saturated heterocycles. The minimum atomic E-state index is -0.429. The standard InChI is InChI=1S/C18H19N3O3/c1-11(22)21(8-7-20(2)3)13-9-12-5-4-6-14-16(12)15(10-13)18(24)19-17(14)23/h4-6,9-10H,7-8H2,1-3H3,(H,19,23,24). The van der Waals surface area contributed by atoms with Crippen molar-refractivity contribution in [1.29, 1.82) is 0 Å². The van der Waals surface area contributed by atoms with Crippen LogP contribution >= 0.6 is 0 Å². The van der Waals surface area contributed by atoms with Crippen molar-refractivity contribution >= 4 is 34.2 Å². The van der Waals surface area contributed by atoms with Crippen molar-refractivity contribution in [3.05, 3.63) is 41.5 Å². The quantitative estimate of drug-likeness (QED) is 0.868. The highest BCUT2D eigenvalue weighted by molar-refractivity contribution is 6.26. The first-order chi connectivity index (χ1) is 11.4. The van der Waals surface area contributed by atoms with Gasteiger partial charge in [-0.15, -0.1) is 0 Å². The zero-order valence-electron chi connectivity index (χ0n) is 13.9. The van der Waals surface area contributed by atoms with Crippen molar-refractivity contribution in [1.82, 2.24) is 10.2 Å². The van der Waals surface area contributed by atoms with E-state index in [-0.39, 0.29) is 11.8 Å². The van der Waals surface area contributed by atoms with E-state index in [1.54, 1.807) is 23.1 Å². The van der Waals surface area contributed by atoms with Gasteiger partial charge in [0.2, 0.25) is 5.91 Å². The highest BCUT2D eigenvalue weighted by Gasteiger charge is 2.26. The molecule has 6 nitrogen and oxygen atoms in total. The molecule has 1 heterocycles. The van der Waals surface area contributed by atoms with Gasteiger partial charge >= 0.3 is 0 Å². The number of amides is 3. The number of benzene rings is 2. The molecule has 0 fully saturated rings. The third-order valence-corrected chi connectivity index (χ3v) is 4.14. The number of nitrogens with one attached hydrogen (secondary N) is 1. The fourth-order valence-electron chi connectivity index (χ4n) is 2.94. The third-order valence-electron chi connectivity index (χ3n) is 4.14. The van der Waals surface area contributed by atoms with E-state index in [0.717, 1.165) is 5.39 Å². The van der Waals surface area contributed by atoms with Crippen LogP contribution in [-0.2, 0) is 4.79 Å². The minimum Gasteiger partial charge on any atom is -0.311 e. The van der Waals surface area contributed by atoms with E-state index in [2.05, 4.69) is 5.32 Å². The smallest absolute Gasteiger partial charge is 0.258 e. The largest absolute Gasteiger partial charge is 0.311 e. The van der Waals surface area contributed by atoms with Gasteiger partial charge in [0, 0.05) is 36.7 Å². The van der Waals surface area contributed by atoms with E-state index in [4.69, 9.17) is 0 Å². The van der Waals surface area contributed by atoms with E-state index in [1.165, 1.54) is 6.92 Å². The molecule has 1 N–H and O–H groups in total. The Morgan fingerprint density at radius 3 is 2.42 bits per heavy atom. The first-order valence-electron chi connectivity index (χ1n) is 7.74. The number of likely N-dealkylation sites (N-methyl/N-ethyl adjacent to an activating group) is 1. The molecule has 2 aromatic carbocycles. The molecule has 24 heavy (non-hydrogen) atoms. The molecule has 0 aliphatic carbocycles. The summed E-state index contributed by atoms with van der Waals surface area (Å²) in [6.45, 7) is 2.73. The number of hydrogen-bond donors (Lipinski definition) is 1. The number of carbonyl (C=O) groups is 3. The Morgan fingerprint density at radius 1 is 1.04 bits per heavy atom. The first-order valence-corrected chi connectivity index (χ1v) is 7.74. The Labute approximate surface area is 140 Å². The molecular weight excluding hydrogens is 306 g/mol. The van der Waals surface area contributed by atoms with Crippen molar-refractivity contribution in [3.8, 4) is 0 Å². The summed E-state index contributed by atoms with van der Waals surface area (Å²) in [4.78, 5) is 39.9. The van der Waals surface area contributed by atoms with Gasteiger partial charge in [-0.2, -0.15) is 0 Å². The van der Waals surface area contributed by atoms with Gasteiger partial charge in [0.1, 0.15) is 0 Å². The van der Waals surface area contributed by atoms with Crippen molar-refractivity contribution in [2.24, 2.45) is 0 Å². The molecule has 0 aromatic heterocycles. The van der Waals surface area contributed by atoms with Gasteiger partial charge in [-0.05, 0) is 37.7 Å². The van der Waals surface area contributed by atoms with E-state index < -0.39 is 5.91 Å². The average molecular weight is 325 g/mol. The van der Waals surface area contributed by atoms with Gasteiger partial charge in [0.15, 0.2) is 0 Å². The molecule has 0 saturated carbocycles. The Bertz CT molecular complexity index is 858. The SMILES string of the molecule is CC(=O)N(CCN(C)C)c1cc2c3c(cccc3c1)C(=O)NC2=O. The summed E-state index contributed by atoms with van der Waals surface area (Å²) in [6.07, 6.45) is 0. The number of anilines is 1. The van der Waals surface area contributed by atoms with Crippen LogP contribution in [0.25, 0.3) is 10.8 Å². The van der Waals surface area contributed by atoms with E-state index >= 15 is 0 Å². The maximum Gasteiger partial charge on any atom is 0.258 e. The second kappa shape index (κ2) is 6.05. The fraction of sp³-hybridized carbons (Fsp3) is 0.278. The molecule has 0 unspecified atom stereocenters. The van der Waals surface area contributed by atoms with Crippen LogP contribution in [0.1, 0.15) is 27.6 Å². The maximum absolute atomic E-state index is 12.2.